The Hall–Kier alpha value is -1.62. The van der Waals surface area contributed by atoms with E-state index in [1.54, 1.807) is 13.1 Å². The molecule has 4 nitrogen and oxygen atoms in total. The number of aromatic nitrogens is 2. The zero-order valence-corrected chi connectivity index (χ0v) is 9.29. The van der Waals surface area contributed by atoms with Crippen molar-refractivity contribution in [1.29, 1.82) is 0 Å². The quantitative estimate of drug-likeness (QED) is 0.877. The Morgan fingerprint density at radius 3 is 2.94 bits per heavy atom. The molecule has 2 aromatic rings. The van der Waals surface area contributed by atoms with E-state index in [1.807, 2.05) is 0 Å². The minimum absolute atomic E-state index is 0. The molecule has 0 spiro atoms. The number of pyridine rings is 1. The third-order valence-electron chi connectivity index (χ3n) is 2.22. The number of fused-ring (bicyclic) bond motifs is 1. The molecule has 86 valence electrons. The summed E-state index contributed by atoms with van der Waals surface area (Å²) in [5.74, 6) is -1.40. The fourth-order valence-corrected chi connectivity index (χ4v) is 1.55. The van der Waals surface area contributed by atoms with E-state index < -0.39 is 11.8 Å². The van der Waals surface area contributed by atoms with E-state index in [4.69, 9.17) is 5.11 Å². The van der Waals surface area contributed by atoms with E-state index in [1.165, 1.54) is 16.5 Å². The molecule has 0 fully saturated rings. The number of nitrogens with zero attached hydrogens (tertiary/aromatic N) is 2. The summed E-state index contributed by atoms with van der Waals surface area (Å²) in [6.45, 7) is 1.67. The van der Waals surface area contributed by atoms with Crippen LogP contribution in [0.1, 0.15) is 11.4 Å². The Bertz CT molecular complexity index is 539. The van der Waals surface area contributed by atoms with Crippen LogP contribution in [0.15, 0.2) is 18.3 Å². The first-order valence-corrected chi connectivity index (χ1v) is 4.43. The molecule has 2 rings (SSSR count). The Kier molecular flexibility index (Phi) is 3.49. The summed E-state index contributed by atoms with van der Waals surface area (Å²) < 4.78 is 14.8. The van der Waals surface area contributed by atoms with Gasteiger partial charge in [0.15, 0.2) is 11.5 Å². The predicted molar refractivity (Wildman–Crippen MR) is 58.5 cm³/mol. The highest BCUT2D eigenvalue weighted by Gasteiger charge is 2.13. The number of aryl methyl sites for hydroxylation is 1. The average Bonchev–Trinajstić information content (AvgIpc) is 2.45. The minimum atomic E-state index is -0.954. The Labute approximate surface area is 97.1 Å². The standard InChI is InChI=1S/C10H9FN2O2.ClH/c1-6-8(5-9(14)15)13-4-2-3-7(11)10(13)12-6;/h2-4H,5H2,1H3,(H,14,15);1H. The maximum Gasteiger partial charge on any atom is 0.309 e. The van der Waals surface area contributed by atoms with Gasteiger partial charge in [-0.2, -0.15) is 0 Å². The third kappa shape index (κ3) is 1.99. The van der Waals surface area contributed by atoms with Gasteiger partial charge in [-0.25, -0.2) is 9.37 Å². The number of carbonyl (C=O) groups is 1. The zero-order valence-electron chi connectivity index (χ0n) is 8.48. The van der Waals surface area contributed by atoms with Gasteiger partial charge in [-0.1, -0.05) is 0 Å². The van der Waals surface area contributed by atoms with Crippen molar-refractivity contribution in [2.45, 2.75) is 13.3 Å². The molecule has 16 heavy (non-hydrogen) atoms. The number of rotatable bonds is 2. The highest BCUT2D eigenvalue weighted by atomic mass is 35.5. The lowest BCUT2D eigenvalue weighted by molar-refractivity contribution is -0.136. The van der Waals surface area contributed by atoms with E-state index in [0.29, 0.717) is 11.4 Å². The summed E-state index contributed by atoms with van der Waals surface area (Å²) >= 11 is 0. The molecule has 0 atom stereocenters. The molecule has 0 amide bonds. The van der Waals surface area contributed by atoms with Gasteiger partial charge in [0.25, 0.3) is 0 Å². The molecule has 6 heteroatoms. The van der Waals surface area contributed by atoms with Crippen LogP contribution in [-0.4, -0.2) is 20.5 Å². The maximum atomic E-state index is 13.3. The third-order valence-corrected chi connectivity index (χ3v) is 2.22. The molecule has 0 aromatic carbocycles. The van der Waals surface area contributed by atoms with E-state index in [9.17, 15) is 9.18 Å². The van der Waals surface area contributed by atoms with Gasteiger partial charge in [0.1, 0.15) is 0 Å². The van der Waals surface area contributed by atoms with Crippen LogP contribution < -0.4 is 0 Å². The molecule has 0 aliphatic carbocycles. The van der Waals surface area contributed by atoms with Crippen molar-refractivity contribution in [2.75, 3.05) is 0 Å². The van der Waals surface area contributed by atoms with Gasteiger partial charge in [-0.15, -0.1) is 12.4 Å². The van der Waals surface area contributed by atoms with Crippen molar-refractivity contribution >= 4 is 24.0 Å². The topological polar surface area (TPSA) is 54.6 Å². The zero-order chi connectivity index (χ0) is 11.0. The molecular weight excluding hydrogens is 235 g/mol. The first-order chi connectivity index (χ1) is 7.09. The number of carboxylic acid groups (broad SMARTS) is 1. The van der Waals surface area contributed by atoms with Crippen LogP contribution in [0.5, 0.6) is 0 Å². The molecule has 2 heterocycles. The molecule has 2 aromatic heterocycles. The van der Waals surface area contributed by atoms with E-state index >= 15 is 0 Å². The summed E-state index contributed by atoms with van der Waals surface area (Å²) in [5.41, 5.74) is 1.23. The van der Waals surface area contributed by atoms with Crippen molar-refractivity contribution < 1.29 is 14.3 Å². The Balaban J connectivity index is 0.00000128. The molecule has 0 bridgehead atoms. The first-order valence-electron chi connectivity index (χ1n) is 4.43. The normalized spacial score (nSPS) is 10.1. The van der Waals surface area contributed by atoms with E-state index in [2.05, 4.69) is 4.98 Å². The average molecular weight is 245 g/mol. The van der Waals surface area contributed by atoms with Gasteiger partial charge in [0.05, 0.1) is 17.8 Å². The van der Waals surface area contributed by atoms with Crippen LogP contribution in [-0.2, 0) is 11.2 Å². The summed E-state index contributed by atoms with van der Waals surface area (Å²) in [6, 6.07) is 2.82. The Morgan fingerprint density at radius 2 is 2.31 bits per heavy atom. The smallest absolute Gasteiger partial charge is 0.309 e. The lowest BCUT2D eigenvalue weighted by atomic mass is 10.2. The van der Waals surface area contributed by atoms with Gasteiger partial charge >= 0.3 is 5.97 Å². The van der Waals surface area contributed by atoms with Crippen LogP contribution in [0.3, 0.4) is 0 Å². The molecule has 0 saturated carbocycles. The molecule has 0 aliphatic heterocycles. The van der Waals surface area contributed by atoms with Crippen molar-refractivity contribution in [2.24, 2.45) is 0 Å². The largest absolute Gasteiger partial charge is 0.481 e. The Morgan fingerprint density at radius 1 is 1.62 bits per heavy atom. The lowest BCUT2D eigenvalue weighted by Crippen LogP contribution is -2.04. The second-order valence-corrected chi connectivity index (χ2v) is 3.26. The lowest BCUT2D eigenvalue weighted by Gasteiger charge is -1.99. The van der Waals surface area contributed by atoms with Crippen LogP contribution in [0.2, 0.25) is 0 Å². The number of aliphatic carboxylic acids is 1. The van der Waals surface area contributed by atoms with Gasteiger partial charge in [-0.05, 0) is 19.1 Å². The van der Waals surface area contributed by atoms with Crippen LogP contribution in [0.4, 0.5) is 4.39 Å². The monoisotopic (exact) mass is 244 g/mol. The first kappa shape index (κ1) is 12.4. The van der Waals surface area contributed by atoms with Crippen LogP contribution in [0, 0.1) is 12.7 Å². The van der Waals surface area contributed by atoms with Crippen LogP contribution in [0.25, 0.3) is 5.65 Å². The highest BCUT2D eigenvalue weighted by molar-refractivity contribution is 5.85. The summed E-state index contributed by atoms with van der Waals surface area (Å²) in [4.78, 5) is 14.6. The fraction of sp³-hybridized carbons (Fsp3) is 0.200. The number of carboxylic acids is 1. The maximum absolute atomic E-state index is 13.3. The van der Waals surface area contributed by atoms with Gasteiger partial charge in [0, 0.05) is 6.20 Å². The van der Waals surface area contributed by atoms with Gasteiger partial charge < -0.3 is 9.51 Å². The van der Waals surface area contributed by atoms with Crippen molar-refractivity contribution in [3.8, 4) is 0 Å². The molecule has 0 radical (unpaired) electrons. The van der Waals surface area contributed by atoms with Crippen LogP contribution >= 0.6 is 12.4 Å². The summed E-state index contributed by atoms with van der Waals surface area (Å²) in [7, 11) is 0. The summed E-state index contributed by atoms with van der Waals surface area (Å²) in [6.07, 6.45) is 1.45. The SMILES string of the molecule is Cc1nc2c(F)cccn2c1CC(=O)O.Cl. The number of halogens is 2. The van der Waals surface area contributed by atoms with Gasteiger partial charge in [-0.3, -0.25) is 4.79 Å². The fourth-order valence-electron chi connectivity index (χ4n) is 1.55. The predicted octanol–water partition coefficient (Wildman–Crippen LogP) is 1.83. The number of imidazole rings is 1. The summed E-state index contributed by atoms with van der Waals surface area (Å²) in [5, 5.41) is 8.70. The number of hydrogen-bond acceptors (Lipinski definition) is 2. The van der Waals surface area contributed by atoms with Gasteiger partial charge in [0.2, 0.25) is 0 Å². The van der Waals surface area contributed by atoms with Crippen molar-refractivity contribution in [3.63, 3.8) is 0 Å². The number of hydrogen-bond donors (Lipinski definition) is 1. The second-order valence-electron chi connectivity index (χ2n) is 3.26. The molecule has 0 unspecified atom stereocenters. The molecular formula is C10H10ClFN2O2. The molecule has 0 saturated heterocycles. The van der Waals surface area contributed by atoms with Crippen molar-refractivity contribution in [3.05, 3.63) is 35.5 Å². The van der Waals surface area contributed by atoms with E-state index in [0.717, 1.165) is 0 Å². The molecule has 1 N–H and O–H groups in total. The minimum Gasteiger partial charge on any atom is -0.481 e. The highest BCUT2D eigenvalue weighted by Crippen LogP contribution is 2.15. The second kappa shape index (κ2) is 4.49. The van der Waals surface area contributed by atoms with Crippen molar-refractivity contribution in [1.82, 2.24) is 9.38 Å². The van der Waals surface area contributed by atoms with E-state index in [-0.39, 0.29) is 24.5 Å². The molecule has 0 aliphatic rings.